The van der Waals surface area contributed by atoms with Crippen molar-refractivity contribution >= 4 is 23.6 Å². The Morgan fingerprint density at radius 1 is 0.875 bits per heavy atom. The summed E-state index contributed by atoms with van der Waals surface area (Å²) in [6, 6.07) is 14.2. The lowest BCUT2D eigenvalue weighted by molar-refractivity contribution is -0.118. The van der Waals surface area contributed by atoms with Crippen LogP contribution in [-0.2, 0) is 4.79 Å². The highest BCUT2D eigenvalue weighted by atomic mass is 16.2. The van der Waals surface area contributed by atoms with Gasteiger partial charge < -0.3 is 0 Å². The highest BCUT2D eigenvalue weighted by Gasteiger charge is 2.28. The number of hydrogen-bond acceptors (Lipinski definition) is 4. The van der Waals surface area contributed by atoms with Gasteiger partial charge in [0.15, 0.2) is 5.78 Å². The first kappa shape index (κ1) is 15.4. The van der Waals surface area contributed by atoms with E-state index < -0.39 is 17.8 Å². The maximum atomic E-state index is 12.3. The van der Waals surface area contributed by atoms with E-state index in [9.17, 15) is 19.2 Å². The molecule has 1 aliphatic heterocycles. The van der Waals surface area contributed by atoms with Crippen LogP contribution in [0, 0.1) is 0 Å². The molecule has 7 nitrogen and oxygen atoms in total. The van der Waals surface area contributed by atoms with Crippen molar-refractivity contribution in [2.24, 2.45) is 0 Å². The second-order valence-corrected chi connectivity index (χ2v) is 5.15. The number of hydrogen-bond donors (Lipinski definition) is 2. The fourth-order valence-electron chi connectivity index (χ4n) is 2.25. The zero-order chi connectivity index (χ0) is 17.1. The van der Waals surface area contributed by atoms with E-state index >= 15 is 0 Å². The molecule has 0 atom stereocenters. The van der Waals surface area contributed by atoms with Crippen LogP contribution < -0.4 is 10.7 Å². The first-order chi connectivity index (χ1) is 11.5. The molecule has 4 amide bonds. The molecule has 1 aliphatic rings. The number of carbonyl (C=O) groups excluding carboxylic acids is 4. The van der Waals surface area contributed by atoms with E-state index in [1.807, 2.05) is 6.07 Å². The van der Waals surface area contributed by atoms with Gasteiger partial charge in [-0.25, -0.2) is 9.80 Å². The van der Waals surface area contributed by atoms with Gasteiger partial charge in [0.05, 0.1) is 0 Å². The van der Waals surface area contributed by atoms with Gasteiger partial charge in [0, 0.05) is 16.7 Å². The second-order valence-electron chi connectivity index (χ2n) is 5.15. The summed E-state index contributed by atoms with van der Waals surface area (Å²) in [5.74, 6) is -1.17. The van der Waals surface area contributed by atoms with Crippen molar-refractivity contribution in [1.82, 2.24) is 15.8 Å². The number of nitrogens with one attached hydrogen (secondary N) is 2. The predicted molar refractivity (Wildman–Crippen MR) is 84.0 cm³/mol. The number of ketones is 1. The standard InChI is InChI=1S/C17H13N3O4/c21-14-10-20(17(24)18-14)19-16(23)13-8-6-12(7-9-13)15(22)11-4-2-1-3-5-11/h1-9H,10H2,(H,19,23)(H,18,21,24). The molecular formula is C17H13N3O4. The van der Waals surface area contributed by atoms with Crippen molar-refractivity contribution in [3.63, 3.8) is 0 Å². The number of hydrazine groups is 1. The zero-order valence-electron chi connectivity index (χ0n) is 12.5. The fraction of sp³-hybridized carbons (Fsp3) is 0.0588. The second kappa shape index (κ2) is 6.33. The average Bonchev–Trinajstić information content (AvgIpc) is 2.92. The van der Waals surface area contributed by atoms with E-state index in [-0.39, 0.29) is 17.9 Å². The Morgan fingerprint density at radius 2 is 1.46 bits per heavy atom. The Labute approximate surface area is 137 Å². The molecule has 2 aromatic rings. The largest absolute Gasteiger partial charge is 0.343 e. The average molecular weight is 323 g/mol. The summed E-state index contributed by atoms with van der Waals surface area (Å²) < 4.78 is 0. The molecule has 0 bridgehead atoms. The first-order valence-corrected chi connectivity index (χ1v) is 7.17. The van der Waals surface area contributed by atoms with Gasteiger partial charge >= 0.3 is 6.03 Å². The van der Waals surface area contributed by atoms with E-state index in [4.69, 9.17) is 0 Å². The summed E-state index contributed by atoms with van der Waals surface area (Å²) in [5.41, 5.74) is 3.61. The third kappa shape index (κ3) is 3.14. The van der Waals surface area contributed by atoms with Gasteiger partial charge in [0.2, 0.25) is 5.91 Å². The van der Waals surface area contributed by atoms with Gasteiger partial charge in [-0.2, -0.15) is 0 Å². The van der Waals surface area contributed by atoms with Gasteiger partial charge in [-0.1, -0.05) is 42.5 Å². The maximum Gasteiger partial charge on any atom is 0.343 e. The van der Waals surface area contributed by atoms with Crippen molar-refractivity contribution in [1.29, 1.82) is 0 Å². The monoisotopic (exact) mass is 323 g/mol. The molecular weight excluding hydrogens is 310 g/mol. The highest BCUT2D eigenvalue weighted by Crippen LogP contribution is 2.11. The van der Waals surface area contributed by atoms with E-state index in [0.717, 1.165) is 5.01 Å². The number of urea groups is 1. The van der Waals surface area contributed by atoms with Crippen LogP contribution in [-0.4, -0.2) is 35.2 Å². The Kier molecular flexibility index (Phi) is 4.07. The molecule has 2 aromatic carbocycles. The molecule has 120 valence electrons. The van der Waals surface area contributed by atoms with Gasteiger partial charge in [-0.3, -0.25) is 25.1 Å². The third-order valence-electron chi connectivity index (χ3n) is 3.47. The summed E-state index contributed by atoms with van der Waals surface area (Å²) >= 11 is 0. The third-order valence-corrected chi connectivity index (χ3v) is 3.47. The number of amides is 4. The van der Waals surface area contributed by atoms with Gasteiger partial charge in [0.25, 0.3) is 5.91 Å². The number of nitrogens with zero attached hydrogens (tertiary/aromatic N) is 1. The molecule has 0 saturated carbocycles. The van der Waals surface area contributed by atoms with Gasteiger partial charge in [0.1, 0.15) is 6.54 Å². The van der Waals surface area contributed by atoms with E-state index in [2.05, 4.69) is 10.7 Å². The maximum absolute atomic E-state index is 12.3. The Hall–Kier alpha value is -3.48. The normalized spacial score (nSPS) is 13.6. The molecule has 0 aliphatic carbocycles. The Morgan fingerprint density at radius 3 is 2.04 bits per heavy atom. The van der Waals surface area contributed by atoms with Crippen molar-refractivity contribution < 1.29 is 19.2 Å². The minimum atomic E-state index is -0.677. The van der Waals surface area contributed by atoms with Crippen molar-refractivity contribution in [2.45, 2.75) is 0 Å². The Bertz CT molecular complexity index is 815. The fourth-order valence-corrected chi connectivity index (χ4v) is 2.25. The molecule has 2 N–H and O–H groups in total. The summed E-state index contributed by atoms with van der Waals surface area (Å²) in [4.78, 5) is 46.8. The lowest BCUT2D eigenvalue weighted by atomic mass is 10.0. The minimum absolute atomic E-state index is 0.146. The molecule has 1 fully saturated rings. The van der Waals surface area contributed by atoms with Crippen LogP contribution in [0.5, 0.6) is 0 Å². The number of imide groups is 1. The van der Waals surface area contributed by atoms with Crippen molar-refractivity contribution in [3.05, 3.63) is 71.3 Å². The van der Waals surface area contributed by atoms with Crippen LogP contribution in [0.2, 0.25) is 0 Å². The van der Waals surface area contributed by atoms with Crippen LogP contribution in [0.4, 0.5) is 4.79 Å². The van der Waals surface area contributed by atoms with E-state index in [1.54, 1.807) is 36.4 Å². The molecule has 0 radical (unpaired) electrons. The van der Waals surface area contributed by atoms with Gasteiger partial charge in [-0.05, 0) is 12.1 Å². The number of rotatable bonds is 4. The Balaban J connectivity index is 1.70. The summed E-state index contributed by atoms with van der Waals surface area (Å²) in [6.45, 7) is -0.227. The quantitative estimate of drug-likeness (QED) is 0.651. The summed E-state index contributed by atoms with van der Waals surface area (Å²) in [6.07, 6.45) is 0. The molecule has 24 heavy (non-hydrogen) atoms. The molecule has 0 spiro atoms. The van der Waals surface area contributed by atoms with Crippen LogP contribution in [0.1, 0.15) is 26.3 Å². The molecule has 0 unspecified atom stereocenters. The number of carbonyl (C=O) groups is 4. The molecule has 3 rings (SSSR count). The SMILES string of the molecule is O=C1CN(NC(=O)c2ccc(C(=O)c3ccccc3)cc2)C(=O)N1. The highest BCUT2D eigenvalue weighted by molar-refractivity contribution is 6.09. The van der Waals surface area contributed by atoms with Crippen LogP contribution in [0.25, 0.3) is 0 Å². The zero-order valence-corrected chi connectivity index (χ0v) is 12.5. The predicted octanol–water partition coefficient (Wildman–Crippen LogP) is 1.11. The van der Waals surface area contributed by atoms with Crippen LogP contribution >= 0.6 is 0 Å². The van der Waals surface area contributed by atoms with Crippen molar-refractivity contribution in [3.8, 4) is 0 Å². The molecule has 7 heteroatoms. The van der Waals surface area contributed by atoms with E-state index in [1.165, 1.54) is 12.1 Å². The lowest BCUT2D eigenvalue weighted by Gasteiger charge is -2.14. The first-order valence-electron chi connectivity index (χ1n) is 7.17. The molecule has 1 saturated heterocycles. The van der Waals surface area contributed by atoms with Crippen LogP contribution in [0.15, 0.2) is 54.6 Å². The van der Waals surface area contributed by atoms with Gasteiger partial charge in [-0.15, -0.1) is 0 Å². The van der Waals surface area contributed by atoms with E-state index in [0.29, 0.717) is 11.1 Å². The van der Waals surface area contributed by atoms with Crippen molar-refractivity contribution in [2.75, 3.05) is 6.54 Å². The summed E-state index contributed by atoms with van der Waals surface area (Å²) in [7, 11) is 0. The minimum Gasteiger partial charge on any atom is -0.289 e. The molecule has 1 heterocycles. The summed E-state index contributed by atoms with van der Waals surface area (Å²) in [5, 5.41) is 2.95. The number of benzene rings is 2. The lowest BCUT2D eigenvalue weighted by Crippen LogP contribution is -2.44. The smallest absolute Gasteiger partial charge is 0.289 e. The molecule has 0 aromatic heterocycles. The topological polar surface area (TPSA) is 95.6 Å². The van der Waals surface area contributed by atoms with Crippen LogP contribution in [0.3, 0.4) is 0 Å².